The van der Waals surface area contributed by atoms with Gasteiger partial charge in [-0.3, -0.25) is 10.3 Å². The van der Waals surface area contributed by atoms with Crippen molar-refractivity contribution in [3.63, 3.8) is 0 Å². The van der Waals surface area contributed by atoms with Crippen LogP contribution in [0, 0.1) is 5.41 Å². The van der Waals surface area contributed by atoms with Crippen molar-refractivity contribution in [2.24, 2.45) is 5.73 Å². The molecule has 1 aromatic rings. The quantitative estimate of drug-likeness (QED) is 0.646. The van der Waals surface area contributed by atoms with Crippen LogP contribution in [0.4, 0.5) is 0 Å². The first-order valence-electron chi connectivity index (χ1n) is 6.70. The molecule has 0 spiro atoms. The van der Waals surface area contributed by atoms with E-state index in [4.69, 9.17) is 15.9 Å². The Labute approximate surface area is 115 Å². The van der Waals surface area contributed by atoms with Crippen molar-refractivity contribution < 1.29 is 4.74 Å². The summed E-state index contributed by atoms with van der Waals surface area (Å²) in [7, 11) is 1.68. The molecule has 1 fully saturated rings. The van der Waals surface area contributed by atoms with Crippen LogP contribution in [0.1, 0.15) is 37.8 Å². The fraction of sp³-hybridized carbons (Fsp3) is 0.533. The lowest BCUT2D eigenvalue weighted by molar-refractivity contribution is 0.165. The molecule has 4 heteroatoms. The van der Waals surface area contributed by atoms with E-state index in [1.165, 1.54) is 12.8 Å². The molecule has 104 valence electrons. The minimum absolute atomic E-state index is 0.101. The van der Waals surface area contributed by atoms with Crippen molar-refractivity contribution >= 4 is 5.84 Å². The molecule has 0 atom stereocenters. The first-order valence-corrected chi connectivity index (χ1v) is 6.70. The number of nitrogen functional groups attached to an aromatic ring is 1. The molecular formula is C15H23N3O. The molecule has 0 saturated carbocycles. The minimum atomic E-state index is 0.101. The van der Waals surface area contributed by atoms with E-state index < -0.39 is 0 Å². The van der Waals surface area contributed by atoms with Crippen LogP contribution in [0.15, 0.2) is 18.2 Å². The maximum absolute atomic E-state index is 7.55. The summed E-state index contributed by atoms with van der Waals surface area (Å²) < 4.78 is 5.42. The Hall–Kier alpha value is -1.55. The summed E-state index contributed by atoms with van der Waals surface area (Å²) in [6.07, 6.45) is 2.46. The third-order valence-corrected chi connectivity index (χ3v) is 4.03. The molecule has 3 N–H and O–H groups in total. The van der Waals surface area contributed by atoms with E-state index in [2.05, 4.69) is 18.7 Å². The van der Waals surface area contributed by atoms with Gasteiger partial charge in [0.15, 0.2) is 0 Å². The van der Waals surface area contributed by atoms with Crippen molar-refractivity contribution in [1.29, 1.82) is 5.41 Å². The van der Waals surface area contributed by atoms with Crippen molar-refractivity contribution in [2.45, 2.75) is 38.8 Å². The van der Waals surface area contributed by atoms with E-state index in [0.29, 0.717) is 0 Å². The van der Waals surface area contributed by atoms with Gasteiger partial charge in [-0.15, -0.1) is 0 Å². The number of benzene rings is 1. The van der Waals surface area contributed by atoms with Gasteiger partial charge in [0.1, 0.15) is 11.6 Å². The lowest BCUT2D eigenvalue weighted by Gasteiger charge is -2.32. The van der Waals surface area contributed by atoms with E-state index in [9.17, 15) is 0 Å². The Morgan fingerprint density at radius 3 is 2.74 bits per heavy atom. The minimum Gasteiger partial charge on any atom is -0.496 e. The zero-order valence-electron chi connectivity index (χ0n) is 12.0. The Morgan fingerprint density at radius 1 is 1.47 bits per heavy atom. The molecule has 0 aromatic heterocycles. The number of likely N-dealkylation sites (tertiary alicyclic amines) is 1. The summed E-state index contributed by atoms with van der Waals surface area (Å²) in [6.45, 7) is 6.51. The Kier molecular flexibility index (Phi) is 3.80. The average Bonchev–Trinajstić information content (AvgIpc) is 2.68. The van der Waals surface area contributed by atoms with Crippen molar-refractivity contribution in [2.75, 3.05) is 13.7 Å². The van der Waals surface area contributed by atoms with Gasteiger partial charge in [0.2, 0.25) is 0 Å². The van der Waals surface area contributed by atoms with Crippen LogP contribution in [-0.2, 0) is 6.54 Å². The summed E-state index contributed by atoms with van der Waals surface area (Å²) in [5, 5.41) is 7.55. The van der Waals surface area contributed by atoms with Gasteiger partial charge >= 0.3 is 0 Å². The van der Waals surface area contributed by atoms with Gasteiger partial charge in [-0.2, -0.15) is 0 Å². The molecule has 1 heterocycles. The number of nitrogens with one attached hydrogen (secondary N) is 1. The third-order valence-electron chi connectivity index (χ3n) is 4.03. The number of hydrogen-bond acceptors (Lipinski definition) is 3. The molecule has 1 aliphatic rings. The number of hydrogen-bond donors (Lipinski definition) is 2. The fourth-order valence-corrected chi connectivity index (χ4v) is 2.73. The van der Waals surface area contributed by atoms with Gasteiger partial charge in [0.05, 0.1) is 7.11 Å². The van der Waals surface area contributed by atoms with Gasteiger partial charge in [-0.05, 0) is 51.4 Å². The second-order valence-corrected chi connectivity index (χ2v) is 5.78. The molecule has 0 aliphatic carbocycles. The number of methoxy groups -OCH3 is 1. The SMILES string of the molecule is COc1ccc(C(=N)N)cc1CN1CCCC1(C)C. The lowest BCUT2D eigenvalue weighted by atomic mass is 10.0. The predicted molar refractivity (Wildman–Crippen MR) is 77.7 cm³/mol. The molecule has 0 bridgehead atoms. The fourth-order valence-electron chi connectivity index (χ4n) is 2.73. The summed E-state index contributed by atoms with van der Waals surface area (Å²) >= 11 is 0. The summed E-state index contributed by atoms with van der Waals surface area (Å²) in [4.78, 5) is 2.47. The van der Waals surface area contributed by atoms with Crippen LogP contribution < -0.4 is 10.5 Å². The smallest absolute Gasteiger partial charge is 0.123 e. The summed E-state index contributed by atoms with van der Waals surface area (Å²) in [5.74, 6) is 0.970. The zero-order chi connectivity index (χ0) is 14.0. The number of amidine groups is 1. The van der Waals surface area contributed by atoms with E-state index in [1.807, 2.05) is 18.2 Å². The standard InChI is InChI=1S/C15H23N3O/c1-15(2)7-4-8-18(15)10-12-9-11(14(16)17)5-6-13(12)19-3/h5-6,9H,4,7-8,10H2,1-3H3,(H3,16,17). The second kappa shape index (κ2) is 5.21. The third kappa shape index (κ3) is 2.89. The maximum atomic E-state index is 7.55. The molecular weight excluding hydrogens is 238 g/mol. The highest BCUT2D eigenvalue weighted by molar-refractivity contribution is 5.95. The van der Waals surface area contributed by atoms with E-state index in [-0.39, 0.29) is 11.4 Å². The van der Waals surface area contributed by atoms with Crippen molar-refractivity contribution in [3.05, 3.63) is 29.3 Å². The molecule has 1 saturated heterocycles. The van der Waals surface area contributed by atoms with E-state index in [0.717, 1.165) is 30.0 Å². The zero-order valence-corrected chi connectivity index (χ0v) is 12.0. The highest BCUT2D eigenvalue weighted by Gasteiger charge is 2.32. The lowest BCUT2D eigenvalue weighted by Crippen LogP contribution is -2.37. The number of nitrogens with zero attached hydrogens (tertiary/aromatic N) is 1. The van der Waals surface area contributed by atoms with Gasteiger partial charge < -0.3 is 10.5 Å². The van der Waals surface area contributed by atoms with Crippen molar-refractivity contribution in [1.82, 2.24) is 4.90 Å². The van der Waals surface area contributed by atoms with E-state index >= 15 is 0 Å². The molecule has 0 radical (unpaired) electrons. The number of ether oxygens (including phenoxy) is 1. The average molecular weight is 261 g/mol. The Morgan fingerprint density at radius 2 is 2.21 bits per heavy atom. The summed E-state index contributed by atoms with van der Waals surface area (Å²) in [5.41, 5.74) is 7.66. The van der Waals surface area contributed by atoms with Gasteiger partial charge in [0, 0.05) is 23.2 Å². The topological polar surface area (TPSA) is 62.3 Å². The second-order valence-electron chi connectivity index (χ2n) is 5.78. The first-order chi connectivity index (χ1) is 8.94. The highest BCUT2D eigenvalue weighted by atomic mass is 16.5. The van der Waals surface area contributed by atoms with Crippen LogP contribution in [0.5, 0.6) is 5.75 Å². The van der Waals surface area contributed by atoms with Crippen LogP contribution in [0.3, 0.4) is 0 Å². The predicted octanol–water partition coefficient (Wildman–Crippen LogP) is 2.35. The number of rotatable bonds is 4. The van der Waals surface area contributed by atoms with Crippen LogP contribution in [0.2, 0.25) is 0 Å². The van der Waals surface area contributed by atoms with Crippen LogP contribution in [-0.4, -0.2) is 29.9 Å². The van der Waals surface area contributed by atoms with Gasteiger partial charge in [-0.25, -0.2) is 0 Å². The molecule has 0 unspecified atom stereocenters. The Bertz CT molecular complexity index is 482. The molecule has 1 aliphatic heterocycles. The van der Waals surface area contributed by atoms with Crippen LogP contribution in [0.25, 0.3) is 0 Å². The molecule has 4 nitrogen and oxygen atoms in total. The molecule has 1 aromatic carbocycles. The van der Waals surface area contributed by atoms with Crippen molar-refractivity contribution in [3.8, 4) is 5.75 Å². The van der Waals surface area contributed by atoms with Gasteiger partial charge in [0.25, 0.3) is 0 Å². The first kappa shape index (κ1) is 13.9. The maximum Gasteiger partial charge on any atom is 0.123 e. The Balaban J connectivity index is 2.27. The van der Waals surface area contributed by atoms with E-state index in [1.54, 1.807) is 7.11 Å². The largest absolute Gasteiger partial charge is 0.496 e. The van der Waals surface area contributed by atoms with Gasteiger partial charge in [-0.1, -0.05) is 0 Å². The molecule has 19 heavy (non-hydrogen) atoms. The normalized spacial score (nSPS) is 18.5. The molecule has 0 amide bonds. The summed E-state index contributed by atoms with van der Waals surface area (Å²) in [6, 6.07) is 5.70. The highest BCUT2D eigenvalue weighted by Crippen LogP contribution is 2.32. The van der Waals surface area contributed by atoms with Crippen LogP contribution >= 0.6 is 0 Å². The number of nitrogens with two attached hydrogens (primary N) is 1. The monoisotopic (exact) mass is 261 g/mol. The molecule has 2 rings (SSSR count).